The van der Waals surface area contributed by atoms with Crippen LogP contribution in [0.25, 0.3) is 0 Å². The number of amides is 1. The summed E-state index contributed by atoms with van der Waals surface area (Å²) in [5.74, 6) is 0.475. The quantitative estimate of drug-likeness (QED) is 0.625. The predicted octanol–water partition coefficient (Wildman–Crippen LogP) is 4.61. The molecule has 0 saturated carbocycles. The number of anilines is 2. The monoisotopic (exact) mass is 390 g/mol. The summed E-state index contributed by atoms with van der Waals surface area (Å²) >= 11 is 0. The number of carbonyl (C=O) groups is 1. The zero-order valence-corrected chi connectivity index (χ0v) is 17.9. The van der Waals surface area contributed by atoms with E-state index in [2.05, 4.69) is 55.5 Å². The van der Waals surface area contributed by atoms with Crippen LogP contribution in [0.15, 0.2) is 48.7 Å². The lowest BCUT2D eigenvalue weighted by Gasteiger charge is -2.19. The SMILES string of the molecule is Cc1c(N)ccc(CC(=O)Nc2ccn(Cc3ccc(C(C)(C)C)cc3)n2)c1C. The van der Waals surface area contributed by atoms with Gasteiger partial charge in [0.2, 0.25) is 5.91 Å². The third-order valence-electron chi connectivity index (χ3n) is 5.36. The molecular weight excluding hydrogens is 360 g/mol. The second-order valence-electron chi connectivity index (χ2n) is 8.63. The fraction of sp³-hybridized carbons (Fsp3) is 0.333. The first-order chi connectivity index (χ1) is 13.6. The molecule has 0 unspecified atom stereocenters. The van der Waals surface area contributed by atoms with Crippen LogP contribution in [-0.2, 0) is 23.2 Å². The van der Waals surface area contributed by atoms with Crippen molar-refractivity contribution in [3.05, 3.63) is 76.5 Å². The number of rotatable bonds is 5. The van der Waals surface area contributed by atoms with E-state index in [0.29, 0.717) is 18.8 Å². The number of nitrogens with one attached hydrogen (secondary N) is 1. The summed E-state index contributed by atoms with van der Waals surface area (Å²) in [5.41, 5.74) is 12.4. The minimum Gasteiger partial charge on any atom is -0.399 e. The largest absolute Gasteiger partial charge is 0.399 e. The summed E-state index contributed by atoms with van der Waals surface area (Å²) < 4.78 is 1.83. The maximum absolute atomic E-state index is 12.4. The highest BCUT2D eigenvalue weighted by molar-refractivity contribution is 5.91. The van der Waals surface area contributed by atoms with E-state index in [0.717, 1.165) is 22.4 Å². The van der Waals surface area contributed by atoms with Gasteiger partial charge in [0.05, 0.1) is 13.0 Å². The third kappa shape index (κ3) is 5.05. The number of nitrogen functional groups attached to an aromatic ring is 1. The summed E-state index contributed by atoms with van der Waals surface area (Å²) in [4.78, 5) is 12.4. The molecule has 0 radical (unpaired) electrons. The van der Waals surface area contributed by atoms with Gasteiger partial charge in [-0.25, -0.2) is 0 Å². The summed E-state index contributed by atoms with van der Waals surface area (Å²) in [6, 6.07) is 14.2. The molecule has 0 saturated heterocycles. The minimum atomic E-state index is -0.0861. The van der Waals surface area contributed by atoms with Crippen molar-refractivity contribution >= 4 is 17.4 Å². The van der Waals surface area contributed by atoms with Crippen molar-refractivity contribution in [1.29, 1.82) is 0 Å². The van der Waals surface area contributed by atoms with Gasteiger partial charge in [-0.2, -0.15) is 5.10 Å². The Bertz CT molecular complexity index is 1010. The van der Waals surface area contributed by atoms with Gasteiger partial charge in [-0.15, -0.1) is 0 Å². The van der Waals surface area contributed by atoms with Gasteiger partial charge in [0.1, 0.15) is 0 Å². The van der Waals surface area contributed by atoms with Gasteiger partial charge in [-0.3, -0.25) is 9.48 Å². The van der Waals surface area contributed by atoms with Gasteiger partial charge >= 0.3 is 0 Å². The van der Waals surface area contributed by atoms with E-state index in [-0.39, 0.29) is 11.3 Å². The molecule has 0 aliphatic heterocycles. The number of nitrogens with two attached hydrogens (primary N) is 1. The van der Waals surface area contributed by atoms with Crippen molar-refractivity contribution in [3.8, 4) is 0 Å². The zero-order valence-electron chi connectivity index (χ0n) is 17.9. The smallest absolute Gasteiger partial charge is 0.230 e. The van der Waals surface area contributed by atoms with Gasteiger partial charge in [-0.05, 0) is 53.1 Å². The van der Waals surface area contributed by atoms with Crippen LogP contribution in [0.4, 0.5) is 11.5 Å². The van der Waals surface area contributed by atoms with E-state index < -0.39 is 0 Å². The predicted molar refractivity (Wildman–Crippen MR) is 119 cm³/mol. The van der Waals surface area contributed by atoms with Crippen LogP contribution in [0.2, 0.25) is 0 Å². The molecule has 5 heteroatoms. The van der Waals surface area contributed by atoms with E-state index >= 15 is 0 Å². The van der Waals surface area contributed by atoms with Crippen LogP contribution in [0, 0.1) is 13.8 Å². The number of carbonyl (C=O) groups excluding carboxylic acids is 1. The summed E-state index contributed by atoms with van der Waals surface area (Å²) in [6.45, 7) is 11.2. The molecule has 0 spiro atoms. The molecule has 152 valence electrons. The van der Waals surface area contributed by atoms with Gasteiger partial charge in [0.15, 0.2) is 5.82 Å². The molecule has 1 aromatic heterocycles. The number of nitrogens with zero attached hydrogens (tertiary/aromatic N) is 2. The molecule has 0 aliphatic rings. The van der Waals surface area contributed by atoms with Crippen LogP contribution in [0.3, 0.4) is 0 Å². The Balaban J connectivity index is 1.61. The molecule has 0 fully saturated rings. The standard InChI is InChI=1S/C24H30N4O/c1-16-17(2)21(25)11-8-19(16)14-23(29)26-22-12-13-28(27-22)15-18-6-9-20(10-7-18)24(3,4)5/h6-13H,14-15,25H2,1-5H3,(H,26,27,29). The highest BCUT2D eigenvalue weighted by Crippen LogP contribution is 2.23. The maximum Gasteiger partial charge on any atom is 0.230 e. The summed E-state index contributed by atoms with van der Waals surface area (Å²) in [7, 11) is 0. The van der Waals surface area contributed by atoms with Crippen molar-refractivity contribution in [2.24, 2.45) is 0 Å². The fourth-order valence-corrected chi connectivity index (χ4v) is 3.26. The molecule has 1 amide bonds. The second-order valence-corrected chi connectivity index (χ2v) is 8.63. The van der Waals surface area contributed by atoms with Gasteiger partial charge < -0.3 is 11.1 Å². The fourth-order valence-electron chi connectivity index (χ4n) is 3.26. The van der Waals surface area contributed by atoms with E-state index in [1.165, 1.54) is 11.1 Å². The average molecular weight is 391 g/mol. The van der Waals surface area contributed by atoms with E-state index in [9.17, 15) is 4.79 Å². The summed E-state index contributed by atoms with van der Waals surface area (Å²) in [5, 5.41) is 7.36. The summed E-state index contributed by atoms with van der Waals surface area (Å²) in [6.07, 6.45) is 2.18. The zero-order chi connectivity index (χ0) is 21.2. The van der Waals surface area contributed by atoms with Crippen molar-refractivity contribution in [2.45, 2.75) is 53.0 Å². The minimum absolute atomic E-state index is 0.0861. The molecule has 3 rings (SSSR count). The number of hydrogen-bond acceptors (Lipinski definition) is 3. The Morgan fingerprint density at radius 2 is 1.72 bits per heavy atom. The topological polar surface area (TPSA) is 72.9 Å². The normalized spacial score (nSPS) is 11.5. The molecule has 3 N–H and O–H groups in total. The Labute approximate surface area is 172 Å². The molecule has 29 heavy (non-hydrogen) atoms. The lowest BCUT2D eigenvalue weighted by atomic mass is 9.87. The van der Waals surface area contributed by atoms with Crippen LogP contribution in [0.5, 0.6) is 0 Å². The lowest BCUT2D eigenvalue weighted by Crippen LogP contribution is -2.16. The van der Waals surface area contributed by atoms with Crippen molar-refractivity contribution in [2.75, 3.05) is 11.1 Å². The van der Waals surface area contributed by atoms with Crippen LogP contribution < -0.4 is 11.1 Å². The molecule has 1 heterocycles. The van der Waals surface area contributed by atoms with Crippen LogP contribution in [-0.4, -0.2) is 15.7 Å². The highest BCUT2D eigenvalue weighted by Gasteiger charge is 2.13. The molecular formula is C24H30N4O. The molecule has 0 atom stereocenters. The van der Waals surface area contributed by atoms with E-state index in [1.54, 1.807) is 0 Å². The maximum atomic E-state index is 12.4. The third-order valence-corrected chi connectivity index (χ3v) is 5.36. The molecule has 3 aromatic rings. The molecule has 0 aliphatic carbocycles. The van der Waals surface area contributed by atoms with Crippen molar-refractivity contribution in [3.63, 3.8) is 0 Å². The molecule has 0 bridgehead atoms. The Hall–Kier alpha value is -3.08. The highest BCUT2D eigenvalue weighted by atomic mass is 16.1. The first kappa shape index (κ1) is 20.6. The number of aromatic nitrogens is 2. The van der Waals surface area contributed by atoms with Crippen LogP contribution in [0.1, 0.15) is 48.6 Å². The van der Waals surface area contributed by atoms with Crippen molar-refractivity contribution < 1.29 is 4.79 Å². The average Bonchev–Trinajstić information content (AvgIpc) is 3.08. The Morgan fingerprint density at radius 3 is 2.38 bits per heavy atom. The lowest BCUT2D eigenvalue weighted by molar-refractivity contribution is -0.115. The van der Waals surface area contributed by atoms with Gasteiger partial charge in [-0.1, -0.05) is 51.1 Å². The second kappa shape index (κ2) is 8.11. The first-order valence-electron chi connectivity index (χ1n) is 9.91. The number of benzene rings is 2. The molecule has 2 aromatic carbocycles. The van der Waals surface area contributed by atoms with Gasteiger partial charge in [0.25, 0.3) is 0 Å². The first-order valence-corrected chi connectivity index (χ1v) is 9.91. The van der Waals surface area contributed by atoms with E-state index in [1.807, 2.05) is 42.9 Å². The molecule has 5 nitrogen and oxygen atoms in total. The number of hydrogen-bond donors (Lipinski definition) is 2. The van der Waals surface area contributed by atoms with E-state index in [4.69, 9.17) is 5.73 Å². The van der Waals surface area contributed by atoms with Gasteiger partial charge in [0, 0.05) is 18.0 Å². The Morgan fingerprint density at radius 1 is 1.03 bits per heavy atom. The Kier molecular flexibility index (Phi) is 5.78. The van der Waals surface area contributed by atoms with Crippen LogP contribution >= 0.6 is 0 Å². The van der Waals surface area contributed by atoms with Crippen molar-refractivity contribution in [1.82, 2.24) is 9.78 Å².